The number of nitrogens with zero attached hydrogens (tertiary/aromatic N) is 1. The third-order valence-corrected chi connectivity index (χ3v) is 3.23. The van der Waals surface area contributed by atoms with Gasteiger partial charge in [-0.3, -0.25) is 0 Å². The van der Waals surface area contributed by atoms with Gasteiger partial charge >= 0.3 is 6.03 Å². The van der Waals surface area contributed by atoms with Crippen LogP contribution in [-0.4, -0.2) is 30.1 Å². The fraction of sp³-hybridized carbons (Fsp3) is 0.917. The molecule has 0 heterocycles. The summed E-state index contributed by atoms with van der Waals surface area (Å²) in [6, 6.07) is 0.535. The predicted molar refractivity (Wildman–Crippen MR) is 62.9 cm³/mol. The highest BCUT2D eigenvalue weighted by Crippen LogP contribution is 2.17. The van der Waals surface area contributed by atoms with E-state index in [9.17, 15) is 4.79 Å². The van der Waals surface area contributed by atoms with Gasteiger partial charge in [0.05, 0.1) is 0 Å². The first-order valence-corrected chi connectivity index (χ1v) is 6.33. The lowest BCUT2D eigenvalue weighted by molar-refractivity contribution is 0.197. The Kier molecular flexibility index (Phi) is 5.51. The first-order valence-electron chi connectivity index (χ1n) is 6.33. The number of hydrogen-bond donors (Lipinski definition) is 1. The molecule has 0 bridgehead atoms. The molecule has 1 N–H and O–H groups in total. The highest BCUT2D eigenvalue weighted by molar-refractivity contribution is 5.74. The molecule has 0 aromatic carbocycles. The van der Waals surface area contributed by atoms with Crippen LogP contribution in [0.4, 0.5) is 4.79 Å². The Bertz CT molecular complexity index is 182. The van der Waals surface area contributed by atoms with Crippen LogP contribution in [0.15, 0.2) is 0 Å². The first kappa shape index (κ1) is 12.3. The normalized spacial score (nSPS) is 18.3. The van der Waals surface area contributed by atoms with Gasteiger partial charge in [0.25, 0.3) is 0 Å². The van der Waals surface area contributed by atoms with Crippen molar-refractivity contribution in [3.05, 3.63) is 0 Å². The lowest BCUT2D eigenvalue weighted by atomic mass is 10.1. The molecule has 2 amide bonds. The van der Waals surface area contributed by atoms with Crippen LogP contribution in [0.3, 0.4) is 0 Å². The van der Waals surface area contributed by atoms with Crippen LogP contribution in [-0.2, 0) is 0 Å². The van der Waals surface area contributed by atoms with Crippen molar-refractivity contribution < 1.29 is 4.79 Å². The Labute approximate surface area is 93.2 Å². The summed E-state index contributed by atoms with van der Waals surface area (Å²) in [6.45, 7) is 5.65. The van der Waals surface area contributed by atoms with E-state index in [1.54, 1.807) is 0 Å². The number of amides is 2. The van der Waals surface area contributed by atoms with Crippen molar-refractivity contribution in [1.29, 1.82) is 0 Å². The Balaban J connectivity index is 2.34. The maximum Gasteiger partial charge on any atom is 0.317 e. The standard InChI is InChI=1S/C12H24N2O/c1-3-14(4-2)12(15)13-11-9-7-5-6-8-10-11/h11H,3-10H2,1-2H3,(H,13,15). The van der Waals surface area contributed by atoms with Crippen LogP contribution in [0.2, 0.25) is 0 Å². The summed E-state index contributed by atoms with van der Waals surface area (Å²) in [5, 5.41) is 3.15. The number of nitrogens with one attached hydrogen (secondary N) is 1. The highest BCUT2D eigenvalue weighted by atomic mass is 16.2. The van der Waals surface area contributed by atoms with Gasteiger partial charge in [-0.25, -0.2) is 4.79 Å². The quantitative estimate of drug-likeness (QED) is 0.717. The van der Waals surface area contributed by atoms with Gasteiger partial charge in [-0.1, -0.05) is 25.7 Å². The summed E-state index contributed by atoms with van der Waals surface area (Å²) in [4.78, 5) is 13.7. The van der Waals surface area contributed by atoms with Crippen LogP contribution in [0.5, 0.6) is 0 Å². The summed E-state index contributed by atoms with van der Waals surface area (Å²) in [5.41, 5.74) is 0. The zero-order chi connectivity index (χ0) is 11.1. The maximum absolute atomic E-state index is 11.8. The zero-order valence-corrected chi connectivity index (χ0v) is 10.1. The fourth-order valence-corrected chi connectivity index (χ4v) is 2.20. The molecule has 0 spiro atoms. The Hall–Kier alpha value is -0.730. The van der Waals surface area contributed by atoms with E-state index < -0.39 is 0 Å². The third-order valence-electron chi connectivity index (χ3n) is 3.23. The molecule has 1 aliphatic carbocycles. The topological polar surface area (TPSA) is 32.3 Å². The van der Waals surface area contributed by atoms with E-state index in [4.69, 9.17) is 0 Å². The minimum Gasteiger partial charge on any atom is -0.335 e. The molecule has 1 rings (SSSR count). The molecule has 0 aromatic heterocycles. The van der Waals surface area contributed by atoms with E-state index in [0.717, 1.165) is 25.9 Å². The lowest BCUT2D eigenvalue weighted by Crippen LogP contribution is -2.44. The number of carbonyl (C=O) groups is 1. The largest absolute Gasteiger partial charge is 0.335 e. The molecule has 0 saturated heterocycles. The van der Waals surface area contributed by atoms with Gasteiger partial charge in [-0.05, 0) is 26.7 Å². The van der Waals surface area contributed by atoms with Crippen molar-refractivity contribution in [3.8, 4) is 0 Å². The number of hydrogen-bond acceptors (Lipinski definition) is 1. The molecule has 0 aliphatic heterocycles. The molecule has 0 unspecified atom stereocenters. The molecule has 0 radical (unpaired) electrons. The molecule has 1 fully saturated rings. The summed E-state index contributed by atoms with van der Waals surface area (Å²) >= 11 is 0. The second-order valence-electron chi connectivity index (χ2n) is 4.31. The molecular weight excluding hydrogens is 188 g/mol. The van der Waals surface area contributed by atoms with Gasteiger partial charge in [0.15, 0.2) is 0 Å². The first-order chi connectivity index (χ1) is 7.27. The third kappa shape index (κ3) is 4.10. The fourth-order valence-electron chi connectivity index (χ4n) is 2.20. The minimum atomic E-state index is 0.117. The van der Waals surface area contributed by atoms with Gasteiger partial charge in [0, 0.05) is 19.1 Å². The maximum atomic E-state index is 11.8. The van der Waals surface area contributed by atoms with Gasteiger partial charge in [0.2, 0.25) is 0 Å². The van der Waals surface area contributed by atoms with E-state index in [-0.39, 0.29) is 6.03 Å². The lowest BCUT2D eigenvalue weighted by Gasteiger charge is -2.23. The Morgan fingerprint density at radius 1 is 1.13 bits per heavy atom. The molecular formula is C12H24N2O. The van der Waals surface area contributed by atoms with Gasteiger partial charge in [-0.2, -0.15) is 0 Å². The zero-order valence-electron chi connectivity index (χ0n) is 10.1. The van der Waals surface area contributed by atoms with Gasteiger partial charge in [0.1, 0.15) is 0 Å². The second kappa shape index (κ2) is 6.70. The van der Waals surface area contributed by atoms with E-state index in [1.165, 1.54) is 25.7 Å². The molecule has 1 aliphatic rings. The monoisotopic (exact) mass is 212 g/mol. The molecule has 1 saturated carbocycles. The smallest absolute Gasteiger partial charge is 0.317 e. The highest BCUT2D eigenvalue weighted by Gasteiger charge is 2.16. The van der Waals surface area contributed by atoms with Crippen LogP contribution in [0, 0.1) is 0 Å². The number of carbonyl (C=O) groups excluding carboxylic acids is 1. The van der Waals surface area contributed by atoms with Crippen molar-refractivity contribution in [3.63, 3.8) is 0 Å². The molecule has 15 heavy (non-hydrogen) atoms. The van der Waals surface area contributed by atoms with Crippen molar-refractivity contribution in [2.75, 3.05) is 13.1 Å². The molecule has 0 aromatic rings. The molecule has 3 heteroatoms. The molecule has 88 valence electrons. The number of urea groups is 1. The number of rotatable bonds is 3. The van der Waals surface area contributed by atoms with Crippen molar-refractivity contribution in [2.45, 2.75) is 58.4 Å². The van der Waals surface area contributed by atoms with Crippen molar-refractivity contribution in [2.24, 2.45) is 0 Å². The summed E-state index contributed by atoms with van der Waals surface area (Å²) in [5.74, 6) is 0. The Morgan fingerprint density at radius 3 is 2.13 bits per heavy atom. The SMILES string of the molecule is CCN(CC)C(=O)NC1CCCCCC1. The average Bonchev–Trinajstić information content (AvgIpc) is 2.48. The van der Waals surface area contributed by atoms with Crippen LogP contribution >= 0.6 is 0 Å². The summed E-state index contributed by atoms with van der Waals surface area (Å²) < 4.78 is 0. The Morgan fingerprint density at radius 2 is 1.67 bits per heavy atom. The van der Waals surface area contributed by atoms with E-state index >= 15 is 0 Å². The van der Waals surface area contributed by atoms with E-state index in [0.29, 0.717) is 6.04 Å². The van der Waals surface area contributed by atoms with Crippen LogP contribution < -0.4 is 5.32 Å². The molecule has 3 nitrogen and oxygen atoms in total. The van der Waals surface area contributed by atoms with Crippen molar-refractivity contribution in [1.82, 2.24) is 10.2 Å². The van der Waals surface area contributed by atoms with E-state index in [1.807, 2.05) is 18.7 Å². The minimum absolute atomic E-state index is 0.117. The van der Waals surface area contributed by atoms with Crippen LogP contribution in [0.25, 0.3) is 0 Å². The van der Waals surface area contributed by atoms with Crippen molar-refractivity contribution >= 4 is 6.03 Å². The second-order valence-corrected chi connectivity index (χ2v) is 4.31. The summed E-state index contributed by atoms with van der Waals surface area (Å²) in [6.07, 6.45) is 7.52. The molecule has 0 atom stereocenters. The van der Waals surface area contributed by atoms with Crippen LogP contribution in [0.1, 0.15) is 52.4 Å². The van der Waals surface area contributed by atoms with Gasteiger partial charge < -0.3 is 10.2 Å². The predicted octanol–water partition coefficient (Wildman–Crippen LogP) is 2.76. The van der Waals surface area contributed by atoms with E-state index in [2.05, 4.69) is 5.32 Å². The average molecular weight is 212 g/mol. The van der Waals surface area contributed by atoms with Gasteiger partial charge in [-0.15, -0.1) is 0 Å². The summed E-state index contributed by atoms with van der Waals surface area (Å²) in [7, 11) is 0.